The Morgan fingerprint density at radius 2 is 1.76 bits per heavy atom. The Bertz CT molecular complexity index is 1090. The van der Waals surface area contributed by atoms with E-state index in [2.05, 4.69) is 6.07 Å². The van der Waals surface area contributed by atoms with Gasteiger partial charge in [-0.25, -0.2) is 0 Å². The summed E-state index contributed by atoms with van der Waals surface area (Å²) in [4.78, 5) is 0. The lowest BCUT2D eigenvalue weighted by molar-refractivity contribution is 0.284. The number of rotatable bonds is 6. The molecule has 0 aromatic heterocycles. The molecule has 0 atom stereocenters. The van der Waals surface area contributed by atoms with Gasteiger partial charge in [-0.1, -0.05) is 71.2 Å². The molecule has 146 valence electrons. The van der Waals surface area contributed by atoms with Gasteiger partial charge in [0.15, 0.2) is 11.5 Å². The van der Waals surface area contributed by atoms with E-state index in [0.29, 0.717) is 49.9 Å². The second-order valence-electron chi connectivity index (χ2n) is 6.10. The molecule has 3 rings (SSSR count). The molecule has 0 saturated carbocycles. The van der Waals surface area contributed by atoms with E-state index in [1.165, 1.54) is 7.11 Å². The van der Waals surface area contributed by atoms with Gasteiger partial charge in [-0.3, -0.25) is 0 Å². The monoisotopic (exact) mass is 443 g/mol. The van der Waals surface area contributed by atoms with Crippen molar-refractivity contribution in [3.8, 4) is 17.6 Å². The molecular weight excluding hydrogens is 429 g/mol. The molecule has 0 heterocycles. The lowest BCUT2D eigenvalue weighted by atomic mass is 10.0. The second kappa shape index (κ2) is 9.71. The number of benzene rings is 3. The number of ether oxygens (including phenoxy) is 2. The van der Waals surface area contributed by atoms with E-state index < -0.39 is 0 Å². The minimum absolute atomic E-state index is 0.357. The molecule has 0 spiro atoms. The number of hydrogen-bond donors (Lipinski definition) is 0. The third-order valence-electron chi connectivity index (χ3n) is 4.13. The summed E-state index contributed by atoms with van der Waals surface area (Å²) in [6.45, 7) is 0.357. The van der Waals surface area contributed by atoms with Gasteiger partial charge in [0.2, 0.25) is 0 Å². The first-order valence-electron chi connectivity index (χ1n) is 8.63. The van der Waals surface area contributed by atoms with E-state index in [9.17, 15) is 5.26 Å². The van der Waals surface area contributed by atoms with Gasteiger partial charge >= 0.3 is 0 Å². The zero-order valence-corrected chi connectivity index (χ0v) is 17.7. The minimum atomic E-state index is 0.357. The number of methoxy groups -OCH3 is 1. The molecule has 0 aliphatic rings. The predicted molar refractivity (Wildman–Crippen MR) is 119 cm³/mol. The fraction of sp³-hybridized carbons (Fsp3) is 0.0870. The molecule has 0 aliphatic carbocycles. The van der Waals surface area contributed by atoms with Gasteiger partial charge in [0.25, 0.3) is 0 Å². The van der Waals surface area contributed by atoms with Gasteiger partial charge in [0, 0.05) is 10.6 Å². The largest absolute Gasteiger partial charge is 0.493 e. The van der Waals surface area contributed by atoms with Crippen LogP contribution in [0, 0.1) is 11.3 Å². The maximum atomic E-state index is 9.60. The van der Waals surface area contributed by atoms with Gasteiger partial charge in [-0.05, 0) is 41.5 Å². The Kier molecular flexibility index (Phi) is 7.06. The maximum Gasteiger partial charge on any atom is 0.180 e. The number of allylic oxidation sites excluding steroid dienone is 1. The fourth-order valence-corrected chi connectivity index (χ4v) is 3.52. The highest BCUT2D eigenvalue weighted by Gasteiger charge is 2.13. The molecule has 0 fully saturated rings. The van der Waals surface area contributed by atoms with Crippen LogP contribution in [0.25, 0.3) is 11.6 Å². The van der Waals surface area contributed by atoms with E-state index >= 15 is 0 Å². The topological polar surface area (TPSA) is 42.2 Å². The highest BCUT2D eigenvalue weighted by molar-refractivity contribution is 6.36. The van der Waals surface area contributed by atoms with Crippen LogP contribution in [0.15, 0.2) is 60.7 Å². The summed E-state index contributed by atoms with van der Waals surface area (Å²) in [5, 5.41) is 10.9. The molecule has 0 N–H and O–H groups in total. The number of hydrogen-bond acceptors (Lipinski definition) is 3. The zero-order chi connectivity index (χ0) is 20.8. The fourth-order valence-electron chi connectivity index (χ4n) is 2.74. The zero-order valence-electron chi connectivity index (χ0n) is 15.5. The summed E-state index contributed by atoms with van der Waals surface area (Å²) >= 11 is 18.6. The van der Waals surface area contributed by atoms with Crippen LogP contribution in [0.2, 0.25) is 15.1 Å². The van der Waals surface area contributed by atoms with Crippen LogP contribution in [0.5, 0.6) is 11.5 Å². The highest BCUT2D eigenvalue weighted by Crippen LogP contribution is 2.38. The summed E-state index contributed by atoms with van der Waals surface area (Å²) in [6, 6.07) is 20.4. The standard InChI is InChI=1S/C23H16Cl3NO2/c1-28-22-11-16(9-17(13-27)19-8-7-18(24)12-20(19)25)10-21(26)23(22)29-14-15-5-3-2-4-6-15/h2-12H,14H2,1H3/b17-9+. The Morgan fingerprint density at radius 3 is 2.41 bits per heavy atom. The first kappa shape index (κ1) is 21.1. The third kappa shape index (κ3) is 5.25. The second-order valence-corrected chi connectivity index (χ2v) is 7.35. The average molecular weight is 445 g/mol. The quantitative estimate of drug-likeness (QED) is 0.296. The van der Waals surface area contributed by atoms with Crippen LogP contribution in [-0.2, 0) is 6.61 Å². The van der Waals surface area contributed by atoms with Crippen molar-refractivity contribution in [2.24, 2.45) is 0 Å². The molecule has 3 nitrogen and oxygen atoms in total. The number of nitriles is 1. The smallest absolute Gasteiger partial charge is 0.180 e. The van der Waals surface area contributed by atoms with Crippen LogP contribution < -0.4 is 9.47 Å². The summed E-state index contributed by atoms with van der Waals surface area (Å²) in [6.07, 6.45) is 1.69. The van der Waals surface area contributed by atoms with Crippen LogP contribution >= 0.6 is 34.8 Å². The van der Waals surface area contributed by atoms with Crippen molar-refractivity contribution in [1.29, 1.82) is 5.26 Å². The van der Waals surface area contributed by atoms with Crippen molar-refractivity contribution in [2.75, 3.05) is 7.11 Å². The predicted octanol–water partition coefficient (Wildman–Crippen LogP) is 7.30. The van der Waals surface area contributed by atoms with Crippen molar-refractivity contribution < 1.29 is 9.47 Å². The number of halogens is 3. The Balaban J connectivity index is 1.93. The van der Waals surface area contributed by atoms with Crippen molar-refractivity contribution in [3.05, 3.63) is 92.4 Å². The van der Waals surface area contributed by atoms with E-state index in [1.807, 2.05) is 30.3 Å². The number of nitrogens with zero attached hydrogens (tertiary/aromatic N) is 1. The summed E-state index contributed by atoms with van der Waals surface area (Å²) in [5.74, 6) is 0.914. The Hall–Kier alpha value is -2.64. The van der Waals surface area contributed by atoms with Gasteiger partial charge in [-0.2, -0.15) is 5.26 Å². The SMILES string of the molecule is COc1cc(/C=C(\C#N)c2ccc(Cl)cc2Cl)cc(Cl)c1OCc1ccccc1. The van der Waals surface area contributed by atoms with Crippen molar-refractivity contribution >= 4 is 46.5 Å². The van der Waals surface area contributed by atoms with Crippen molar-refractivity contribution in [3.63, 3.8) is 0 Å². The van der Waals surface area contributed by atoms with Crippen molar-refractivity contribution in [2.45, 2.75) is 6.61 Å². The normalized spacial score (nSPS) is 11.1. The lowest BCUT2D eigenvalue weighted by Crippen LogP contribution is -1.99. The molecule has 0 radical (unpaired) electrons. The van der Waals surface area contributed by atoms with Crippen molar-refractivity contribution in [1.82, 2.24) is 0 Å². The molecule has 0 unspecified atom stereocenters. The molecule has 6 heteroatoms. The molecular formula is C23H16Cl3NO2. The molecule has 29 heavy (non-hydrogen) atoms. The molecule has 0 bridgehead atoms. The van der Waals surface area contributed by atoms with Gasteiger partial charge in [-0.15, -0.1) is 0 Å². The van der Waals surface area contributed by atoms with E-state index in [0.717, 1.165) is 5.56 Å². The third-order valence-corrected chi connectivity index (χ3v) is 4.96. The molecule has 0 amide bonds. The summed E-state index contributed by atoms with van der Waals surface area (Å²) < 4.78 is 11.3. The van der Waals surface area contributed by atoms with Crippen LogP contribution in [-0.4, -0.2) is 7.11 Å². The first-order valence-corrected chi connectivity index (χ1v) is 9.76. The summed E-state index contributed by atoms with van der Waals surface area (Å²) in [7, 11) is 1.54. The molecule has 3 aromatic rings. The lowest BCUT2D eigenvalue weighted by Gasteiger charge is -2.14. The molecule has 0 aliphatic heterocycles. The van der Waals surface area contributed by atoms with Crippen LogP contribution in [0.1, 0.15) is 16.7 Å². The minimum Gasteiger partial charge on any atom is -0.493 e. The van der Waals surface area contributed by atoms with Gasteiger partial charge in [0.1, 0.15) is 6.61 Å². The average Bonchev–Trinajstić information content (AvgIpc) is 2.72. The van der Waals surface area contributed by atoms with Crippen LogP contribution in [0.3, 0.4) is 0 Å². The summed E-state index contributed by atoms with van der Waals surface area (Å²) in [5.41, 5.74) is 2.65. The molecule has 0 saturated heterocycles. The van der Waals surface area contributed by atoms with Crippen LogP contribution in [0.4, 0.5) is 0 Å². The van der Waals surface area contributed by atoms with Gasteiger partial charge in [0.05, 0.1) is 28.8 Å². The first-order chi connectivity index (χ1) is 14.0. The van der Waals surface area contributed by atoms with E-state index in [1.54, 1.807) is 36.4 Å². The Labute approximate surface area is 184 Å². The van der Waals surface area contributed by atoms with E-state index in [4.69, 9.17) is 44.3 Å². The Morgan fingerprint density at radius 1 is 1.00 bits per heavy atom. The van der Waals surface area contributed by atoms with Gasteiger partial charge < -0.3 is 9.47 Å². The highest BCUT2D eigenvalue weighted by atomic mass is 35.5. The molecule has 3 aromatic carbocycles. The maximum absolute atomic E-state index is 9.60. The van der Waals surface area contributed by atoms with E-state index in [-0.39, 0.29) is 0 Å².